The van der Waals surface area contributed by atoms with E-state index in [-0.39, 0.29) is 6.10 Å². The minimum Gasteiger partial charge on any atom is -0.329 e. The summed E-state index contributed by atoms with van der Waals surface area (Å²) in [5.41, 5.74) is 0. The van der Waals surface area contributed by atoms with Crippen molar-refractivity contribution in [2.75, 3.05) is 6.54 Å². The maximum Gasteiger partial charge on any atom is 0.207 e. The quantitative estimate of drug-likeness (QED) is 0.586. The zero-order chi connectivity index (χ0) is 16.6. The van der Waals surface area contributed by atoms with Crippen molar-refractivity contribution in [2.45, 2.75) is 37.6 Å². The highest BCUT2D eigenvalue weighted by atomic mass is 35.7. The second-order valence-corrected chi connectivity index (χ2v) is 13.3. The molecular formula is C19H23ClNOPSi-. The van der Waals surface area contributed by atoms with Crippen LogP contribution in [-0.4, -0.2) is 31.4 Å². The van der Waals surface area contributed by atoms with Crippen molar-refractivity contribution < 1.29 is 4.52 Å². The van der Waals surface area contributed by atoms with Gasteiger partial charge in [0.1, 0.15) is 0 Å². The number of hydrogen-bond acceptors (Lipinski definition) is 2. The van der Waals surface area contributed by atoms with Crippen LogP contribution in [0.1, 0.15) is 12.8 Å². The third-order valence-corrected chi connectivity index (χ3v) is 12.2. The lowest BCUT2D eigenvalue weighted by atomic mass is 10.1. The summed E-state index contributed by atoms with van der Waals surface area (Å²) in [6, 6.07) is 23.7. The largest absolute Gasteiger partial charge is 0.329 e. The predicted molar refractivity (Wildman–Crippen MR) is 106 cm³/mol. The van der Waals surface area contributed by atoms with Gasteiger partial charge in [-0.2, -0.15) is 16.9 Å². The second-order valence-electron chi connectivity index (χ2n) is 7.01. The molecule has 0 saturated carbocycles. The van der Waals surface area contributed by atoms with Crippen molar-refractivity contribution in [2.24, 2.45) is 0 Å². The molecule has 2 fully saturated rings. The normalized spacial score (nSPS) is 27.3. The maximum atomic E-state index is 6.51. The Labute approximate surface area is 151 Å². The number of rotatable bonds is 4. The standard InChI is InChI=1S/C19H23ClNOPSi/c1-24(16-9-4-2-5-10-16,17-11-6-3-7-12-17)15-19-18-13-8-14-21(18)23(20)22-19/h2-7,9-12,18-19H,8,13-15H2,1H3/q-1/t18-,19+,23?/m0/s1. The molecule has 0 N–H and O–H groups in total. The van der Waals surface area contributed by atoms with Gasteiger partial charge in [0.25, 0.3) is 0 Å². The van der Waals surface area contributed by atoms with Crippen molar-refractivity contribution in [3.8, 4) is 0 Å². The SMILES string of the molecule is C[Si-](C[C@H]1OP(Cl)N2CCC[C@@H]12)(c1ccccc1)c1ccccc1. The summed E-state index contributed by atoms with van der Waals surface area (Å²) in [5.74, 6) is 0. The molecule has 2 aliphatic heterocycles. The number of fused-ring (bicyclic) bond motifs is 1. The van der Waals surface area contributed by atoms with E-state index in [1.54, 1.807) is 0 Å². The number of halogens is 1. The van der Waals surface area contributed by atoms with Crippen LogP contribution in [0.25, 0.3) is 0 Å². The minimum atomic E-state index is -1.86. The van der Waals surface area contributed by atoms with Crippen LogP contribution >= 0.6 is 18.9 Å². The zero-order valence-corrected chi connectivity index (χ0v) is 16.6. The molecule has 24 heavy (non-hydrogen) atoms. The maximum absolute atomic E-state index is 6.51. The Balaban J connectivity index is 1.69. The van der Waals surface area contributed by atoms with E-state index >= 15 is 0 Å². The molecule has 2 aliphatic rings. The fraction of sp³-hybridized carbons (Fsp3) is 0.368. The van der Waals surface area contributed by atoms with E-state index in [9.17, 15) is 0 Å². The van der Waals surface area contributed by atoms with Crippen LogP contribution < -0.4 is 10.4 Å². The number of hydrogen-bond donors (Lipinski definition) is 0. The van der Waals surface area contributed by atoms with E-state index in [4.69, 9.17) is 15.8 Å². The predicted octanol–water partition coefficient (Wildman–Crippen LogP) is 4.21. The smallest absolute Gasteiger partial charge is 0.207 e. The van der Waals surface area contributed by atoms with Crippen LogP contribution in [0, 0.1) is 0 Å². The highest BCUT2D eigenvalue weighted by Crippen LogP contribution is 2.59. The molecule has 2 nitrogen and oxygen atoms in total. The van der Waals surface area contributed by atoms with Crippen molar-refractivity contribution in [1.82, 2.24) is 4.67 Å². The van der Waals surface area contributed by atoms with Gasteiger partial charge in [0.2, 0.25) is 7.65 Å². The first-order valence-electron chi connectivity index (χ1n) is 8.69. The Morgan fingerprint density at radius 2 is 1.67 bits per heavy atom. The second kappa shape index (κ2) is 6.90. The molecule has 2 aromatic rings. The highest BCUT2D eigenvalue weighted by Gasteiger charge is 2.45. The van der Waals surface area contributed by atoms with Gasteiger partial charge in [-0.15, -0.1) is 6.04 Å². The molecular weight excluding hydrogens is 353 g/mol. The van der Waals surface area contributed by atoms with E-state index < -0.39 is 15.7 Å². The van der Waals surface area contributed by atoms with Gasteiger partial charge < -0.3 is 4.52 Å². The van der Waals surface area contributed by atoms with Gasteiger partial charge in [-0.1, -0.05) is 68.7 Å². The molecule has 0 aliphatic carbocycles. The molecule has 1 unspecified atom stereocenters. The Hall–Kier alpha value is -0.703. The lowest BCUT2D eigenvalue weighted by molar-refractivity contribution is 0.231. The first-order valence-corrected chi connectivity index (χ1v) is 13.5. The van der Waals surface area contributed by atoms with E-state index in [0.717, 1.165) is 12.6 Å². The first-order chi connectivity index (χ1) is 11.7. The molecule has 2 heterocycles. The van der Waals surface area contributed by atoms with Crippen LogP contribution in [0.15, 0.2) is 60.7 Å². The Morgan fingerprint density at radius 3 is 2.25 bits per heavy atom. The third kappa shape index (κ3) is 2.98. The summed E-state index contributed by atoms with van der Waals surface area (Å²) in [7, 11) is -2.76. The molecule has 4 rings (SSSR count). The molecule has 2 aromatic carbocycles. The lowest BCUT2D eigenvalue weighted by Gasteiger charge is -2.43. The number of benzene rings is 2. The molecule has 0 spiro atoms. The highest BCUT2D eigenvalue weighted by molar-refractivity contribution is 7.78. The molecule has 0 aromatic heterocycles. The topological polar surface area (TPSA) is 12.5 Å². The minimum absolute atomic E-state index is 0.271. The van der Waals surface area contributed by atoms with Gasteiger partial charge >= 0.3 is 0 Å². The zero-order valence-electron chi connectivity index (χ0n) is 13.9. The van der Waals surface area contributed by atoms with Crippen molar-refractivity contribution >= 4 is 37.3 Å². The molecule has 0 amide bonds. The summed E-state index contributed by atoms with van der Waals surface area (Å²) < 4.78 is 8.67. The number of nitrogens with zero attached hydrogens (tertiary/aromatic N) is 1. The summed E-state index contributed by atoms with van der Waals surface area (Å²) in [5, 5.41) is 2.96. The van der Waals surface area contributed by atoms with Gasteiger partial charge in [-0.3, -0.25) is 0 Å². The van der Waals surface area contributed by atoms with E-state index in [2.05, 4.69) is 71.9 Å². The van der Waals surface area contributed by atoms with E-state index in [0.29, 0.717) is 6.04 Å². The summed E-state index contributed by atoms with van der Waals surface area (Å²) >= 11 is 6.51. The monoisotopic (exact) mass is 375 g/mol. The van der Waals surface area contributed by atoms with Crippen molar-refractivity contribution in [3.63, 3.8) is 0 Å². The van der Waals surface area contributed by atoms with Gasteiger partial charge in [0.15, 0.2) is 0 Å². The van der Waals surface area contributed by atoms with E-state index in [1.165, 1.54) is 23.2 Å². The Morgan fingerprint density at radius 1 is 1.08 bits per heavy atom. The van der Waals surface area contributed by atoms with Crippen LogP contribution in [-0.2, 0) is 4.52 Å². The molecule has 0 radical (unpaired) electrons. The van der Waals surface area contributed by atoms with Crippen LogP contribution in [0.2, 0.25) is 12.6 Å². The molecule has 0 bridgehead atoms. The molecule has 127 valence electrons. The van der Waals surface area contributed by atoms with Crippen molar-refractivity contribution in [3.05, 3.63) is 60.7 Å². The van der Waals surface area contributed by atoms with E-state index in [1.807, 2.05) is 0 Å². The van der Waals surface area contributed by atoms with Gasteiger partial charge in [-0.25, -0.2) is 4.67 Å². The third-order valence-electron chi connectivity index (χ3n) is 5.55. The summed E-state index contributed by atoms with van der Waals surface area (Å²) in [6.07, 6.45) is 2.75. The molecule has 5 heteroatoms. The van der Waals surface area contributed by atoms with Gasteiger partial charge in [0.05, 0.1) is 6.10 Å². The average Bonchev–Trinajstić information content (AvgIpc) is 3.22. The molecule has 2 saturated heterocycles. The van der Waals surface area contributed by atoms with Crippen LogP contribution in [0.3, 0.4) is 0 Å². The fourth-order valence-corrected chi connectivity index (χ4v) is 10.4. The summed E-state index contributed by atoms with van der Waals surface area (Å²) in [6.45, 7) is 3.58. The van der Waals surface area contributed by atoms with Gasteiger partial charge in [0, 0.05) is 12.6 Å². The van der Waals surface area contributed by atoms with Crippen LogP contribution in [0.4, 0.5) is 0 Å². The Bertz CT molecular complexity index is 647. The average molecular weight is 376 g/mol. The van der Waals surface area contributed by atoms with Crippen LogP contribution in [0.5, 0.6) is 0 Å². The fourth-order valence-electron chi connectivity index (χ4n) is 4.18. The lowest BCUT2D eigenvalue weighted by Crippen LogP contribution is -2.58. The first kappa shape index (κ1) is 16.7. The van der Waals surface area contributed by atoms with Crippen molar-refractivity contribution in [1.29, 1.82) is 0 Å². The van der Waals surface area contributed by atoms with Gasteiger partial charge in [-0.05, 0) is 24.1 Å². The Kier molecular flexibility index (Phi) is 4.81. The summed E-state index contributed by atoms with van der Waals surface area (Å²) in [4.78, 5) is 0. The molecule has 3 atom stereocenters.